The van der Waals surface area contributed by atoms with Crippen LogP contribution in [0.3, 0.4) is 0 Å². The van der Waals surface area contributed by atoms with Crippen molar-refractivity contribution in [2.75, 3.05) is 52.9 Å². The van der Waals surface area contributed by atoms with Crippen LogP contribution in [0.1, 0.15) is 63.5 Å². The maximum absolute atomic E-state index is 10.9. The average Bonchev–Trinajstić information content (AvgIpc) is 3.36. The van der Waals surface area contributed by atoms with Crippen molar-refractivity contribution in [1.82, 2.24) is 0 Å². The van der Waals surface area contributed by atoms with Gasteiger partial charge in [0.2, 0.25) is 0 Å². The minimum absolute atomic E-state index is 0.184. The molecule has 4 aliphatic heterocycles. The number of hydrogen-bond acceptors (Lipinski definition) is 24. The van der Waals surface area contributed by atoms with Gasteiger partial charge in [-0.25, -0.2) is 0 Å². The molecule has 0 radical (unpaired) electrons. The Hall–Kier alpha value is -1.74. The second-order valence-electron chi connectivity index (χ2n) is 19.4. The second-order valence-corrected chi connectivity index (χ2v) is 19.4. The van der Waals surface area contributed by atoms with Crippen LogP contribution < -0.4 is 0 Å². The van der Waals surface area contributed by atoms with Gasteiger partial charge in [0.05, 0.1) is 52.9 Å². The molecule has 12 unspecified atom stereocenters. The van der Waals surface area contributed by atoms with Crippen molar-refractivity contribution >= 4 is 0 Å². The zero-order chi connectivity index (χ0) is 51.5. The van der Waals surface area contributed by atoms with Crippen molar-refractivity contribution in [2.45, 2.75) is 188 Å². The van der Waals surface area contributed by atoms with Crippen LogP contribution in [-0.2, 0) is 50.7 Å². The summed E-state index contributed by atoms with van der Waals surface area (Å²) in [4.78, 5) is 0. The lowest BCUT2D eigenvalue weighted by atomic mass is 9.77. The van der Waals surface area contributed by atoms with Gasteiger partial charge in [-0.3, -0.25) is 0 Å². The fourth-order valence-corrected chi connectivity index (χ4v) is 9.35. The van der Waals surface area contributed by atoms with E-state index in [2.05, 4.69) is 0 Å². The van der Waals surface area contributed by atoms with Gasteiger partial charge in [0.25, 0.3) is 0 Å². The summed E-state index contributed by atoms with van der Waals surface area (Å²) in [7, 11) is 0. The Kier molecular flexibility index (Phi) is 23.0. The molecule has 0 bridgehead atoms. The van der Waals surface area contributed by atoms with Crippen LogP contribution in [0.4, 0.5) is 0 Å². The van der Waals surface area contributed by atoms with Crippen LogP contribution in [0, 0.1) is 10.8 Å². The van der Waals surface area contributed by atoms with E-state index < -0.39 is 160 Å². The highest BCUT2D eigenvalue weighted by molar-refractivity contribution is 5.25. The quantitative estimate of drug-likeness (QED) is 0.0411. The zero-order valence-electron chi connectivity index (χ0n) is 39.6. The molecule has 70 heavy (non-hydrogen) atoms. The maximum Gasteiger partial charge on any atom is 0.186 e. The first-order valence-electron chi connectivity index (χ1n) is 24.1. The molecule has 0 saturated carbocycles. The summed E-state index contributed by atoms with van der Waals surface area (Å²) in [6.45, 7) is 0.164. The Bertz CT molecular complexity index is 1440. The van der Waals surface area contributed by atoms with Crippen LogP contribution >= 0.6 is 0 Å². The smallest absolute Gasteiger partial charge is 0.186 e. The normalized spacial score (nSPS) is 40.1. The van der Waals surface area contributed by atoms with Gasteiger partial charge in [-0.2, -0.15) is 0 Å². The van der Waals surface area contributed by atoms with Crippen LogP contribution in [0.25, 0.3) is 0 Å². The summed E-state index contributed by atoms with van der Waals surface area (Å²) in [6.07, 6.45) is -27.8. The zero-order valence-corrected chi connectivity index (χ0v) is 39.6. The van der Waals surface area contributed by atoms with Crippen LogP contribution in [0.2, 0.25) is 0 Å². The number of rotatable bonds is 26. The van der Waals surface area contributed by atoms with Gasteiger partial charge in [0.15, 0.2) is 25.2 Å². The Balaban J connectivity index is 1.45. The summed E-state index contributed by atoms with van der Waals surface area (Å²) in [6, 6.07) is 7.27. The summed E-state index contributed by atoms with van der Waals surface area (Å²) >= 11 is 0. The highest BCUT2D eigenvalue weighted by atomic mass is 16.7. The standard InChI is InChI=1S/C46H78O24/c1-3-5-11-45(19-63-41-37(59)33(55)29(51)25(15-47)67-41,20-64-42-38(60)34(56)30(52)26(16-48)68-42)13-23-7-9-24(10-8-23)14-46(12-6-4-2,21-65-43-39(61)35(57)31(53)27(17-49)69-43)22-66-44-40(62)36(58)32(54)28(18-50)70-44/h7-10,25-44,47-62H,3-6,11-22H2,1-2H3/t25?,26?,27?,28?,29-,30-,31-,32-,33?,34?,35?,36?,37?,38?,39?,40?,41-,42-,43-,44-,45?,46?/m1/s1. The van der Waals surface area contributed by atoms with Crippen molar-refractivity contribution in [3.8, 4) is 0 Å². The van der Waals surface area contributed by atoms with E-state index in [4.69, 9.17) is 37.9 Å². The van der Waals surface area contributed by atoms with E-state index in [1.165, 1.54) is 0 Å². The molecule has 24 nitrogen and oxygen atoms in total. The van der Waals surface area contributed by atoms with Crippen LogP contribution in [0.15, 0.2) is 24.3 Å². The number of aliphatic hydroxyl groups is 16. The highest BCUT2D eigenvalue weighted by Crippen LogP contribution is 2.38. The van der Waals surface area contributed by atoms with Crippen molar-refractivity contribution in [3.05, 3.63) is 35.4 Å². The van der Waals surface area contributed by atoms with Crippen molar-refractivity contribution < 1.29 is 120 Å². The first-order valence-corrected chi connectivity index (χ1v) is 24.1. The summed E-state index contributed by atoms with van der Waals surface area (Å²) in [5, 5.41) is 166. The summed E-state index contributed by atoms with van der Waals surface area (Å²) in [5.41, 5.74) is -0.690. The van der Waals surface area contributed by atoms with Gasteiger partial charge in [0.1, 0.15) is 97.7 Å². The Labute approximate surface area is 406 Å². The predicted molar refractivity (Wildman–Crippen MR) is 237 cm³/mol. The molecule has 0 aliphatic carbocycles. The molecule has 4 fully saturated rings. The first-order chi connectivity index (χ1) is 33.3. The first kappa shape index (κ1) is 59.1. The molecule has 24 heteroatoms. The second kappa shape index (κ2) is 27.2. The average molecular weight is 1020 g/mol. The largest absolute Gasteiger partial charge is 0.394 e. The van der Waals surface area contributed by atoms with Gasteiger partial charge in [0, 0.05) is 10.8 Å². The monoisotopic (exact) mass is 1010 g/mol. The fourth-order valence-electron chi connectivity index (χ4n) is 9.35. The predicted octanol–water partition coefficient (Wildman–Crippen LogP) is -5.61. The van der Waals surface area contributed by atoms with Gasteiger partial charge in [-0.1, -0.05) is 63.8 Å². The van der Waals surface area contributed by atoms with E-state index in [1.54, 1.807) is 0 Å². The third-order valence-corrected chi connectivity index (χ3v) is 13.9. The van der Waals surface area contributed by atoms with E-state index in [9.17, 15) is 81.7 Å². The SMILES string of the molecule is CCCCC(CO[C@@H]1OC(CO)[C@@H](O)C(O)C1O)(CO[C@@H]1OC(CO)[C@@H](O)C(O)C1O)Cc1ccc(CC(CCCC)(CO[C@@H]2OC(CO)[C@@H](O)C(O)C2O)CO[C@@H]2OC(CO)[C@@H](O)C(O)C2O)cc1. The minimum atomic E-state index is -1.73. The van der Waals surface area contributed by atoms with E-state index in [-0.39, 0.29) is 39.3 Å². The van der Waals surface area contributed by atoms with Crippen LogP contribution in [-0.4, -0.2) is 257 Å². The highest BCUT2D eigenvalue weighted by Gasteiger charge is 2.50. The molecule has 406 valence electrons. The van der Waals surface area contributed by atoms with Crippen molar-refractivity contribution in [2.24, 2.45) is 10.8 Å². The van der Waals surface area contributed by atoms with E-state index in [0.29, 0.717) is 49.7 Å². The number of hydrogen-bond donors (Lipinski definition) is 16. The Morgan fingerprint density at radius 3 is 0.800 bits per heavy atom. The lowest BCUT2D eigenvalue weighted by Gasteiger charge is -2.43. The van der Waals surface area contributed by atoms with Crippen LogP contribution in [0.5, 0.6) is 0 Å². The molecule has 1 aromatic carbocycles. The molecule has 4 aliphatic rings. The summed E-state index contributed by atoms with van der Waals surface area (Å²) in [5.74, 6) is 0. The van der Waals surface area contributed by atoms with Crippen molar-refractivity contribution in [3.63, 3.8) is 0 Å². The Morgan fingerprint density at radius 2 is 0.600 bits per heavy atom. The number of ether oxygens (including phenoxy) is 8. The van der Waals surface area contributed by atoms with Gasteiger partial charge >= 0.3 is 0 Å². The van der Waals surface area contributed by atoms with Crippen molar-refractivity contribution in [1.29, 1.82) is 0 Å². The van der Waals surface area contributed by atoms with E-state index >= 15 is 0 Å². The van der Waals surface area contributed by atoms with Gasteiger partial charge in [-0.15, -0.1) is 0 Å². The third-order valence-electron chi connectivity index (χ3n) is 13.9. The minimum Gasteiger partial charge on any atom is -0.394 e. The number of aliphatic hydroxyl groups excluding tert-OH is 16. The molecule has 4 heterocycles. The van der Waals surface area contributed by atoms with Gasteiger partial charge in [-0.05, 0) is 36.8 Å². The molecule has 0 spiro atoms. The molecule has 0 amide bonds. The molecule has 20 atom stereocenters. The topological polar surface area (TPSA) is 398 Å². The molecule has 1 aromatic rings. The van der Waals surface area contributed by atoms with Gasteiger partial charge < -0.3 is 120 Å². The maximum atomic E-state index is 10.9. The lowest BCUT2D eigenvalue weighted by Crippen LogP contribution is -2.60. The molecular weight excluding hydrogens is 936 g/mol. The molecule has 16 N–H and O–H groups in total. The third kappa shape index (κ3) is 14.3. The number of unbranched alkanes of at least 4 members (excludes halogenated alkanes) is 2. The molecule has 4 saturated heterocycles. The molecular formula is C46H78O24. The molecule has 5 rings (SSSR count). The molecule has 0 aromatic heterocycles. The fraction of sp³-hybridized carbons (Fsp3) is 0.870. The Morgan fingerprint density at radius 1 is 0.371 bits per heavy atom. The number of benzene rings is 1. The lowest BCUT2D eigenvalue weighted by molar-refractivity contribution is -0.318. The van der Waals surface area contributed by atoms with E-state index in [1.807, 2.05) is 38.1 Å². The summed E-state index contributed by atoms with van der Waals surface area (Å²) < 4.78 is 47.1. The van der Waals surface area contributed by atoms with E-state index in [0.717, 1.165) is 0 Å².